The number of rotatable bonds is 8. The zero-order valence-electron chi connectivity index (χ0n) is 30.3. The molecule has 5 saturated carbocycles. The highest BCUT2D eigenvalue weighted by Gasteiger charge is 2.80. The summed E-state index contributed by atoms with van der Waals surface area (Å²) >= 11 is 0. The summed E-state index contributed by atoms with van der Waals surface area (Å²) in [5, 5.41) is 10.9. The molecule has 8 rings (SSSR count). The van der Waals surface area contributed by atoms with Gasteiger partial charge in [0.25, 0.3) is 0 Å². The molecule has 12 atom stereocenters. The number of amides is 1. The largest absolute Gasteiger partial charge is 0.388 e. The lowest BCUT2D eigenvalue weighted by atomic mass is 9.46. The third kappa shape index (κ3) is 5.14. The lowest BCUT2D eigenvalue weighted by Crippen LogP contribution is -2.56. The molecule has 5 aliphatic carbocycles. The molecule has 0 aromatic rings. The van der Waals surface area contributed by atoms with E-state index in [1.165, 1.54) is 51.4 Å². The first-order valence-corrected chi connectivity index (χ1v) is 19.6. The van der Waals surface area contributed by atoms with Crippen LogP contribution in [0.1, 0.15) is 112 Å². The predicted molar refractivity (Wildman–Crippen MR) is 180 cm³/mol. The molecule has 1 amide bonds. The van der Waals surface area contributed by atoms with Crippen molar-refractivity contribution in [1.29, 1.82) is 0 Å². The number of carbonyl (C=O) groups is 1. The highest BCUT2D eigenvalue weighted by atomic mass is 16.7. The Hall–Kier alpha value is -0.770. The number of hydrogen-bond donors (Lipinski definition) is 1. The summed E-state index contributed by atoms with van der Waals surface area (Å²) in [4.78, 5) is 16.9. The highest BCUT2D eigenvalue weighted by molar-refractivity contribution is 5.78. The summed E-state index contributed by atoms with van der Waals surface area (Å²) in [5.41, 5.74) is 0.552. The second kappa shape index (κ2) is 11.6. The standard InChI is InChI=1S/C39H64N2O6/c1-7-44-34(36(4,5)43)28-11-9-26-29(46-28)21-27-25-10-12-30-35(2,3)31(13-14-39(30)24-38(25,39)16-15-37(26,27)6)47-33-23-40(19-20-45-33)22-32(42)41-17-8-18-41/h25-31,33-34,43H,7-24H2,1-6H3/t25?,26?,27?,28?,29?,30?,31-,33?,34-,37?,38-,39+/m0/s1. The van der Waals surface area contributed by atoms with Crippen molar-refractivity contribution in [3.8, 4) is 0 Å². The second-order valence-electron chi connectivity index (χ2n) is 18.8. The summed E-state index contributed by atoms with van der Waals surface area (Å²) in [6, 6.07) is 0. The number of hydrogen-bond acceptors (Lipinski definition) is 7. The van der Waals surface area contributed by atoms with Gasteiger partial charge in [0, 0.05) is 26.2 Å². The third-order valence-electron chi connectivity index (χ3n) is 15.9. The minimum Gasteiger partial charge on any atom is -0.388 e. The van der Waals surface area contributed by atoms with Crippen LogP contribution < -0.4 is 0 Å². The summed E-state index contributed by atoms with van der Waals surface area (Å²) < 4.78 is 26.1. The van der Waals surface area contributed by atoms with E-state index in [0.29, 0.717) is 60.5 Å². The van der Waals surface area contributed by atoms with E-state index < -0.39 is 5.60 Å². The molecule has 8 nitrogen and oxygen atoms in total. The van der Waals surface area contributed by atoms with Crippen molar-refractivity contribution in [2.75, 3.05) is 45.9 Å². The summed E-state index contributed by atoms with van der Waals surface area (Å²) in [6.45, 7) is 18.5. The minimum atomic E-state index is -0.906. The number of aliphatic hydroxyl groups is 1. The van der Waals surface area contributed by atoms with Gasteiger partial charge in [-0.25, -0.2) is 0 Å². The Morgan fingerprint density at radius 1 is 0.979 bits per heavy atom. The van der Waals surface area contributed by atoms with Crippen molar-refractivity contribution >= 4 is 5.91 Å². The fraction of sp³-hybridized carbons (Fsp3) is 0.974. The summed E-state index contributed by atoms with van der Waals surface area (Å²) in [5.74, 6) is 3.15. The molecule has 0 bridgehead atoms. The second-order valence-corrected chi connectivity index (χ2v) is 18.8. The van der Waals surface area contributed by atoms with Gasteiger partial charge in [-0.3, -0.25) is 9.69 Å². The van der Waals surface area contributed by atoms with Gasteiger partial charge in [0.1, 0.15) is 6.10 Å². The van der Waals surface area contributed by atoms with Crippen molar-refractivity contribution < 1.29 is 28.8 Å². The van der Waals surface area contributed by atoms with Crippen LogP contribution in [0.15, 0.2) is 0 Å². The minimum absolute atomic E-state index is 0.0192. The lowest BCUT2D eigenvalue weighted by molar-refractivity contribution is -0.245. The topological polar surface area (TPSA) is 80.7 Å². The Kier molecular flexibility index (Phi) is 8.26. The molecule has 8 fully saturated rings. The van der Waals surface area contributed by atoms with Crippen LogP contribution in [0.4, 0.5) is 0 Å². The number of carbonyl (C=O) groups excluding carboxylic acids is 1. The third-order valence-corrected chi connectivity index (χ3v) is 15.9. The van der Waals surface area contributed by atoms with Crippen LogP contribution in [0.2, 0.25) is 0 Å². The van der Waals surface area contributed by atoms with Crippen LogP contribution in [0.5, 0.6) is 0 Å². The Bertz CT molecular complexity index is 1200. The highest BCUT2D eigenvalue weighted by Crippen LogP contribution is 2.87. The van der Waals surface area contributed by atoms with E-state index in [1.807, 2.05) is 25.7 Å². The van der Waals surface area contributed by atoms with E-state index in [1.54, 1.807) is 0 Å². The van der Waals surface area contributed by atoms with Crippen molar-refractivity contribution in [2.45, 2.75) is 148 Å². The average molecular weight is 657 g/mol. The normalized spacial score (nSPS) is 47.9. The molecule has 3 saturated heterocycles. The van der Waals surface area contributed by atoms with Gasteiger partial charge >= 0.3 is 0 Å². The van der Waals surface area contributed by atoms with E-state index >= 15 is 0 Å². The Morgan fingerprint density at radius 3 is 2.49 bits per heavy atom. The maximum atomic E-state index is 12.7. The molecule has 266 valence electrons. The molecule has 1 N–H and O–H groups in total. The molecular formula is C39H64N2O6. The van der Waals surface area contributed by atoms with E-state index in [0.717, 1.165) is 50.7 Å². The zero-order valence-corrected chi connectivity index (χ0v) is 30.3. The lowest BCUT2D eigenvalue weighted by Gasteiger charge is -2.60. The fourth-order valence-electron chi connectivity index (χ4n) is 13.6. The van der Waals surface area contributed by atoms with E-state index in [4.69, 9.17) is 18.9 Å². The van der Waals surface area contributed by atoms with Crippen LogP contribution in [0.25, 0.3) is 0 Å². The fourth-order valence-corrected chi connectivity index (χ4v) is 13.6. The number of fused-ring (bicyclic) bond motifs is 4. The van der Waals surface area contributed by atoms with Crippen molar-refractivity contribution in [3.63, 3.8) is 0 Å². The molecule has 8 heteroatoms. The quantitative estimate of drug-likeness (QED) is 0.362. The van der Waals surface area contributed by atoms with E-state index in [-0.39, 0.29) is 35.9 Å². The molecule has 8 aliphatic rings. The molecule has 0 aromatic carbocycles. The van der Waals surface area contributed by atoms with Gasteiger partial charge in [-0.2, -0.15) is 0 Å². The summed E-state index contributed by atoms with van der Waals surface area (Å²) in [6.07, 6.45) is 13.7. The van der Waals surface area contributed by atoms with Crippen LogP contribution in [0, 0.1) is 45.3 Å². The molecule has 3 aliphatic heterocycles. The molecule has 47 heavy (non-hydrogen) atoms. The number of morpholine rings is 1. The van der Waals surface area contributed by atoms with Crippen LogP contribution >= 0.6 is 0 Å². The molecule has 3 heterocycles. The molecular weight excluding hydrogens is 592 g/mol. The Morgan fingerprint density at radius 2 is 1.77 bits per heavy atom. The van der Waals surface area contributed by atoms with Gasteiger partial charge in [0.15, 0.2) is 6.29 Å². The summed E-state index contributed by atoms with van der Waals surface area (Å²) in [7, 11) is 0. The first-order valence-electron chi connectivity index (χ1n) is 19.6. The first-order chi connectivity index (χ1) is 22.3. The van der Waals surface area contributed by atoms with E-state index in [9.17, 15) is 9.90 Å². The molecule has 8 unspecified atom stereocenters. The maximum Gasteiger partial charge on any atom is 0.236 e. The van der Waals surface area contributed by atoms with Gasteiger partial charge in [0.05, 0.1) is 43.6 Å². The number of nitrogens with zero attached hydrogens (tertiary/aromatic N) is 2. The molecule has 0 aromatic heterocycles. The van der Waals surface area contributed by atoms with Gasteiger partial charge in [-0.05, 0) is 137 Å². The van der Waals surface area contributed by atoms with Crippen molar-refractivity contribution in [1.82, 2.24) is 9.80 Å². The van der Waals surface area contributed by atoms with Gasteiger partial charge in [0.2, 0.25) is 5.91 Å². The smallest absolute Gasteiger partial charge is 0.236 e. The number of ether oxygens (including phenoxy) is 4. The zero-order chi connectivity index (χ0) is 33.0. The Balaban J connectivity index is 0.937. The molecule has 2 spiro atoms. The van der Waals surface area contributed by atoms with Gasteiger partial charge in [-0.15, -0.1) is 0 Å². The van der Waals surface area contributed by atoms with Gasteiger partial charge < -0.3 is 29.0 Å². The predicted octanol–water partition coefficient (Wildman–Crippen LogP) is 5.64. The van der Waals surface area contributed by atoms with Crippen LogP contribution in [0.3, 0.4) is 0 Å². The van der Waals surface area contributed by atoms with Crippen molar-refractivity contribution in [3.05, 3.63) is 0 Å². The SMILES string of the molecule is CCO[C@@H](C1CCC2C(CC3C4CCC5C(C)(C)[C@@H](OC6CN(CC(=O)N7CCC7)CCO6)CC[C@@]56C[C@@]46CCC23C)O1)C(C)(C)O. The van der Waals surface area contributed by atoms with Crippen LogP contribution in [-0.2, 0) is 23.7 Å². The van der Waals surface area contributed by atoms with Crippen LogP contribution in [-0.4, -0.2) is 103 Å². The van der Waals surface area contributed by atoms with Crippen molar-refractivity contribution in [2.24, 2.45) is 45.3 Å². The molecule has 0 radical (unpaired) electrons. The van der Waals surface area contributed by atoms with E-state index in [2.05, 4.69) is 25.7 Å². The Labute approximate surface area is 283 Å². The van der Waals surface area contributed by atoms with Gasteiger partial charge in [-0.1, -0.05) is 20.8 Å². The average Bonchev–Trinajstić information content (AvgIpc) is 3.56. The monoisotopic (exact) mass is 656 g/mol. The first kappa shape index (κ1) is 33.4. The number of likely N-dealkylation sites (tertiary alicyclic amines) is 1. The maximum absolute atomic E-state index is 12.7.